The Bertz CT molecular complexity index is 1290. The van der Waals surface area contributed by atoms with Crippen LogP contribution >= 0.6 is 0 Å². The molecule has 7 heteroatoms. The molecular weight excluding hydrogens is 504 g/mol. The molecule has 0 aliphatic heterocycles. The predicted octanol–water partition coefficient (Wildman–Crippen LogP) is 5.98. The number of Topliss-reactive ketones (excluding diaryl/α,β-unsaturated/α-hetero) is 1. The fourth-order valence-electron chi connectivity index (χ4n) is 4.64. The summed E-state index contributed by atoms with van der Waals surface area (Å²) in [6, 6.07) is 15.2. The first-order chi connectivity index (χ1) is 19.4. The third kappa shape index (κ3) is 9.97. The molecule has 0 saturated carbocycles. The first kappa shape index (κ1) is 30.6. The Labute approximate surface area is 236 Å². The number of aryl methyl sites for hydroxylation is 2. The number of hydrogen-bond acceptors (Lipinski definition) is 7. The molecule has 0 saturated heterocycles. The number of phenols is 1. The number of ketones is 2. The van der Waals surface area contributed by atoms with E-state index in [1.54, 1.807) is 24.4 Å². The zero-order valence-electron chi connectivity index (χ0n) is 23.3. The van der Waals surface area contributed by atoms with Gasteiger partial charge in [-0.3, -0.25) is 9.59 Å². The van der Waals surface area contributed by atoms with E-state index in [-0.39, 0.29) is 29.5 Å². The molecule has 0 unspecified atom stereocenters. The van der Waals surface area contributed by atoms with Crippen LogP contribution in [0.1, 0.15) is 79.7 Å². The van der Waals surface area contributed by atoms with Gasteiger partial charge in [-0.2, -0.15) is 0 Å². The van der Waals surface area contributed by atoms with E-state index in [4.69, 9.17) is 10.5 Å². The first-order valence-corrected chi connectivity index (χ1v) is 14.0. The number of allylic oxidation sites excluding steroid dienone is 1. The molecule has 0 amide bonds. The van der Waals surface area contributed by atoms with Crippen molar-refractivity contribution in [2.75, 3.05) is 12.5 Å². The van der Waals surface area contributed by atoms with Gasteiger partial charge in [0, 0.05) is 12.6 Å². The number of aliphatic hydroxyl groups excluding tert-OH is 1. The van der Waals surface area contributed by atoms with Crippen molar-refractivity contribution in [2.24, 2.45) is 0 Å². The number of carbonyl (C=O) groups excluding carboxylic acids is 2. The highest BCUT2D eigenvalue weighted by atomic mass is 16.6. The predicted molar refractivity (Wildman–Crippen MR) is 158 cm³/mol. The van der Waals surface area contributed by atoms with Crippen molar-refractivity contribution in [2.45, 2.75) is 71.1 Å². The molecular formula is C33H40N2O5. The average Bonchev–Trinajstić information content (AvgIpc) is 2.94. The number of hydrogen-bond donors (Lipinski definition) is 3. The van der Waals surface area contributed by atoms with E-state index in [0.29, 0.717) is 24.2 Å². The molecule has 0 spiro atoms. The lowest BCUT2D eigenvalue weighted by Crippen LogP contribution is -2.05. The minimum absolute atomic E-state index is 0.0580. The number of pyridine rings is 1. The number of phenolic OH excluding ortho intramolecular Hbond substituents is 1. The van der Waals surface area contributed by atoms with Crippen LogP contribution < -0.4 is 10.5 Å². The molecule has 0 fully saturated rings. The number of unbranched alkanes of at least 4 members (excludes halogenated alkanes) is 4. The number of ether oxygens (including phenoxy) is 1. The molecule has 212 valence electrons. The number of nitrogen functional groups attached to an aromatic ring is 1. The highest BCUT2D eigenvalue weighted by molar-refractivity contribution is 6.06. The van der Waals surface area contributed by atoms with Crippen molar-refractivity contribution in [1.29, 1.82) is 0 Å². The Kier molecular flexibility index (Phi) is 12.4. The molecule has 0 radical (unpaired) electrons. The monoisotopic (exact) mass is 544 g/mol. The maximum Gasteiger partial charge on any atom is 0.186 e. The number of benzene rings is 2. The van der Waals surface area contributed by atoms with E-state index < -0.39 is 6.79 Å². The number of anilines is 1. The third-order valence-electron chi connectivity index (χ3n) is 6.83. The van der Waals surface area contributed by atoms with E-state index in [0.717, 1.165) is 61.6 Å². The van der Waals surface area contributed by atoms with Gasteiger partial charge in [0.25, 0.3) is 0 Å². The van der Waals surface area contributed by atoms with Crippen LogP contribution in [-0.4, -0.2) is 33.6 Å². The molecule has 0 bridgehead atoms. The topological polar surface area (TPSA) is 123 Å². The molecule has 40 heavy (non-hydrogen) atoms. The summed E-state index contributed by atoms with van der Waals surface area (Å²) in [5.74, 6) is 0.0700. The average molecular weight is 545 g/mol. The summed E-state index contributed by atoms with van der Waals surface area (Å²) in [4.78, 5) is 29.1. The van der Waals surface area contributed by atoms with Crippen molar-refractivity contribution in [1.82, 2.24) is 4.98 Å². The molecule has 7 nitrogen and oxygen atoms in total. The number of carbonyl (C=O) groups is 2. The number of aromatic nitrogens is 1. The van der Waals surface area contributed by atoms with Gasteiger partial charge in [-0.25, -0.2) is 4.98 Å². The maximum atomic E-state index is 12.6. The Morgan fingerprint density at radius 3 is 2.50 bits per heavy atom. The number of aliphatic hydroxyl groups is 1. The molecule has 0 atom stereocenters. The van der Waals surface area contributed by atoms with Crippen molar-refractivity contribution < 1.29 is 24.5 Å². The molecule has 1 heterocycles. The molecule has 3 rings (SSSR count). The van der Waals surface area contributed by atoms with Crippen LogP contribution in [0.2, 0.25) is 0 Å². The van der Waals surface area contributed by atoms with Crippen molar-refractivity contribution in [3.8, 4) is 11.5 Å². The summed E-state index contributed by atoms with van der Waals surface area (Å²) in [5.41, 5.74) is 10.6. The molecule has 1 aromatic heterocycles. The van der Waals surface area contributed by atoms with E-state index in [9.17, 15) is 19.8 Å². The lowest BCUT2D eigenvalue weighted by Gasteiger charge is -2.14. The molecule has 4 N–H and O–H groups in total. The molecule has 3 aromatic rings. The van der Waals surface area contributed by atoms with Gasteiger partial charge in [0.05, 0.1) is 6.42 Å². The van der Waals surface area contributed by atoms with E-state index >= 15 is 0 Å². The largest absolute Gasteiger partial charge is 0.504 e. The van der Waals surface area contributed by atoms with Crippen LogP contribution in [0, 0.1) is 0 Å². The maximum absolute atomic E-state index is 12.6. The smallest absolute Gasteiger partial charge is 0.186 e. The van der Waals surface area contributed by atoms with Crippen LogP contribution in [0.4, 0.5) is 5.82 Å². The molecule has 0 aliphatic carbocycles. The van der Waals surface area contributed by atoms with Gasteiger partial charge in [0.15, 0.2) is 24.1 Å². The van der Waals surface area contributed by atoms with Crippen LogP contribution in [-0.2, 0) is 28.9 Å². The van der Waals surface area contributed by atoms with E-state index in [1.807, 2.05) is 24.3 Å². The molecule has 2 aromatic carbocycles. The second-order valence-electron chi connectivity index (χ2n) is 10.0. The van der Waals surface area contributed by atoms with Crippen LogP contribution in [0.3, 0.4) is 0 Å². The first-order valence-electron chi connectivity index (χ1n) is 14.0. The summed E-state index contributed by atoms with van der Waals surface area (Å²) in [5, 5.41) is 19.7. The minimum atomic E-state index is -0.604. The summed E-state index contributed by atoms with van der Waals surface area (Å²) >= 11 is 0. The van der Waals surface area contributed by atoms with Crippen LogP contribution in [0.15, 0.2) is 60.8 Å². The van der Waals surface area contributed by atoms with Gasteiger partial charge >= 0.3 is 0 Å². The Morgan fingerprint density at radius 2 is 1.75 bits per heavy atom. The molecule has 0 aliphatic rings. The standard InChI is InChI=1S/C33H40N2O5/c1-2-3-4-5-9-12-29(37)21-30(38)16-15-25-19-32(40-23-36)31(39)18-27(25)17-28-22-35-33(34)20-26(28)14-13-24-10-7-6-8-11-24/h6-8,10-11,15-16,18-20,22,36,39H,2-5,9,12-14,17,21,23H2,1H3,(H2,34,35). The van der Waals surface area contributed by atoms with Crippen molar-refractivity contribution >= 4 is 23.5 Å². The quantitative estimate of drug-likeness (QED) is 0.0827. The summed E-state index contributed by atoms with van der Waals surface area (Å²) in [6.07, 6.45) is 12.3. The summed E-state index contributed by atoms with van der Waals surface area (Å²) < 4.78 is 5.16. The van der Waals surface area contributed by atoms with Gasteiger partial charge in [0.2, 0.25) is 0 Å². The minimum Gasteiger partial charge on any atom is -0.504 e. The number of nitrogens with two attached hydrogens (primary N) is 1. The van der Waals surface area contributed by atoms with Gasteiger partial charge in [-0.1, -0.05) is 69.0 Å². The zero-order chi connectivity index (χ0) is 28.7. The van der Waals surface area contributed by atoms with E-state index in [1.165, 1.54) is 11.6 Å². The fraction of sp³-hybridized carbons (Fsp3) is 0.364. The van der Waals surface area contributed by atoms with Crippen molar-refractivity contribution in [3.05, 3.63) is 88.6 Å². The SMILES string of the molecule is CCCCCCCC(=O)CC(=O)C=Cc1cc(OCO)c(O)cc1Cc1cnc(N)cc1CCc1ccccc1. The Hall–Kier alpha value is -3.97. The summed E-state index contributed by atoms with van der Waals surface area (Å²) in [6.45, 7) is 1.54. The fourth-order valence-corrected chi connectivity index (χ4v) is 4.64. The second kappa shape index (κ2) is 16.2. The zero-order valence-corrected chi connectivity index (χ0v) is 23.3. The Morgan fingerprint density at radius 1 is 0.975 bits per heavy atom. The van der Waals surface area contributed by atoms with Crippen molar-refractivity contribution in [3.63, 3.8) is 0 Å². The number of aromatic hydroxyl groups is 1. The second-order valence-corrected chi connectivity index (χ2v) is 10.0. The Balaban J connectivity index is 1.77. The summed E-state index contributed by atoms with van der Waals surface area (Å²) in [7, 11) is 0. The normalized spacial score (nSPS) is 11.2. The van der Waals surface area contributed by atoms with Gasteiger partial charge < -0.3 is 20.7 Å². The van der Waals surface area contributed by atoms with Gasteiger partial charge in [0.1, 0.15) is 11.6 Å². The van der Waals surface area contributed by atoms with Gasteiger partial charge in [-0.15, -0.1) is 0 Å². The highest BCUT2D eigenvalue weighted by Gasteiger charge is 2.14. The van der Waals surface area contributed by atoms with Crippen LogP contribution in [0.5, 0.6) is 11.5 Å². The third-order valence-corrected chi connectivity index (χ3v) is 6.83. The van der Waals surface area contributed by atoms with Crippen LogP contribution in [0.25, 0.3) is 6.08 Å². The number of rotatable bonds is 17. The lowest BCUT2D eigenvalue weighted by atomic mass is 9.94. The number of nitrogens with zero attached hydrogens (tertiary/aromatic N) is 1. The van der Waals surface area contributed by atoms with E-state index in [2.05, 4.69) is 24.0 Å². The highest BCUT2D eigenvalue weighted by Crippen LogP contribution is 2.32. The lowest BCUT2D eigenvalue weighted by molar-refractivity contribution is -0.124. The van der Waals surface area contributed by atoms with Gasteiger partial charge in [-0.05, 0) is 77.8 Å².